The van der Waals surface area contributed by atoms with Gasteiger partial charge in [0.05, 0.1) is 15.2 Å². The molecule has 1 aliphatic rings. The third kappa shape index (κ3) is 3.74. The third-order valence-electron chi connectivity index (χ3n) is 5.76. The van der Waals surface area contributed by atoms with Gasteiger partial charge in [-0.05, 0) is 32.2 Å². The number of hydrogen-bond donors (Lipinski definition) is 0. The molecule has 1 aromatic carbocycles. The summed E-state index contributed by atoms with van der Waals surface area (Å²) in [5.41, 5.74) is 1.49. The van der Waals surface area contributed by atoms with Crippen molar-refractivity contribution in [3.8, 4) is 0 Å². The molecule has 1 aromatic rings. The maximum Gasteiger partial charge on any atom is 0.332 e. The monoisotopic (exact) mass is 345 g/mol. The van der Waals surface area contributed by atoms with Gasteiger partial charge in [0.1, 0.15) is 0 Å². The van der Waals surface area contributed by atoms with Crippen LogP contribution in [0.3, 0.4) is 0 Å². The molecule has 4 heteroatoms. The van der Waals surface area contributed by atoms with Gasteiger partial charge in [0.2, 0.25) is 0 Å². The van der Waals surface area contributed by atoms with E-state index in [0.717, 1.165) is 5.70 Å². The molecule has 132 valence electrons. The van der Waals surface area contributed by atoms with Crippen molar-refractivity contribution < 1.29 is 9.53 Å². The predicted octanol–water partition coefficient (Wildman–Crippen LogP) is 3.92. The van der Waals surface area contributed by atoms with Crippen molar-refractivity contribution in [2.45, 2.75) is 64.3 Å². The van der Waals surface area contributed by atoms with Crippen molar-refractivity contribution >= 4 is 19.2 Å². The second kappa shape index (κ2) is 7.56. The fourth-order valence-electron chi connectivity index (χ4n) is 3.79. The van der Waals surface area contributed by atoms with E-state index in [1.807, 2.05) is 0 Å². The summed E-state index contributed by atoms with van der Waals surface area (Å²) in [6, 6.07) is 11.7. The van der Waals surface area contributed by atoms with Crippen LogP contribution in [0.2, 0.25) is 18.6 Å². The number of methoxy groups -OCH3 is 1. The summed E-state index contributed by atoms with van der Waals surface area (Å²) in [5, 5.41) is 1.42. The second-order valence-electron chi connectivity index (χ2n) is 7.58. The molecular formula is C20H31NO2Si. The molecule has 1 heterocycles. The van der Waals surface area contributed by atoms with E-state index in [9.17, 15) is 4.79 Å². The van der Waals surface area contributed by atoms with Crippen LogP contribution >= 0.6 is 0 Å². The molecule has 2 rings (SSSR count). The topological polar surface area (TPSA) is 29.5 Å². The first-order chi connectivity index (χ1) is 11.3. The fourth-order valence-corrected chi connectivity index (χ4v) is 6.32. The van der Waals surface area contributed by atoms with Crippen molar-refractivity contribution in [1.29, 1.82) is 0 Å². The molecule has 0 aromatic heterocycles. The van der Waals surface area contributed by atoms with E-state index in [1.54, 1.807) is 6.08 Å². The standard InChI is InChI=1S/C20H31NO2Si/c1-15-12-13-16(2)21(15)19(14-20(22)23-4)17(3)24(5,6)18-10-8-7-9-11-18/h7-11,14-17H,12-13H2,1-6H3/b19-14-/t15-,16-,17?/m0/s1. The SMILES string of the molecule is COC(=O)/C=C(/C(C)[Si](C)(C)c1ccccc1)N1[C@@H](C)CC[C@@H]1C. The van der Waals surface area contributed by atoms with Crippen LogP contribution < -0.4 is 5.19 Å². The normalized spacial score (nSPS) is 23.2. The van der Waals surface area contributed by atoms with Crippen LogP contribution in [0, 0.1) is 0 Å². The number of allylic oxidation sites excluding steroid dienone is 1. The molecule has 0 amide bonds. The van der Waals surface area contributed by atoms with Gasteiger partial charge in [-0.25, -0.2) is 4.79 Å². The van der Waals surface area contributed by atoms with Gasteiger partial charge in [0, 0.05) is 23.9 Å². The number of rotatable bonds is 5. The van der Waals surface area contributed by atoms with Gasteiger partial charge in [-0.15, -0.1) is 0 Å². The summed E-state index contributed by atoms with van der Waals surface area (Å²) >= 11 is 0. The van der Waals surface area contributed by atoms with Crippen molar-refractivity contribution in [2.75, 3.05) is 7.11 Å². The molecule has 3 nitrogen and oxygen atoms in total. The Hall–Kier alpha value is -1.55. The smallest absolute Gasteiger partial charge is 0.332 e. The summed E-state index contributed by atoms with van der Waals surface area (Å²) in [6.45, 7) is 11.6. The molecule has 3 atom stereocenters. The lowest BCUT2D eigenvalue weighted by molar-refractivity contribution is -0.135. The van der Waals surface area contributed by atoms with Crippen molar-refractivity contribution in [2.24, 2.45) is 0 Å². The summed E-state index contributed by atoms with van der Waals surface area (Å²) in [7, 11) is -0.314. The van der Waals surface area contributed by atoms with Crippen molar-refractivity contribution in [1.82, 2.24) is 4.90 Å². The number of benzene rings is 1. The highest BCUT2D eigenvalue weighted by Crippen LogP contribution is 2.38. The van der Waals surface area contributed by atoms with Gasteiger partial charge in [0.25, 0.3) is 0 Å². The number of hydrogen-bond acceptors (Lipinski definition) is 3. The minimum atomic E-state index is -1.77. The molecule has 0 radical (unpaired) electrons. The Morgan fingerprint density at radius 1 is 1.21 bits per heavy atom. The van der Waals surface area contributed by atoms with Gasteiger partial charge in [-0.1, -0.05) is 55.5 Å². The Kier molecular flexibility index (Phi) is 5.91. The highest BCUT2D eigenvalue weighted by molar-refractivity contribution is 6.91. The number of ether oxygens (including phenoxy) is 1. The van der Waals surface area contributed by atoms with Crippen LogP contribution in [0.4, 0.5) is 0 Å². The van der Waals surface area contributed by atoms with Crippen molar-refractivity contribution in [3.05, 3.63) is 42.1 Å². The summed E-state index contributed by atoms with van der Waals surface area (Å²) < 4.78 is 4.95. The van der Waals surface area contributed by atoms with E-state index in [-0.39, 0.29) is 5.97 Å². The molecule has 1 aliphatic heterocycles. The van der Waals surface area contributed by atoms with Gasteiger partial charge >= 0.3 is 5.97 Å². The number of carbonyl (C=O) groups is 1. The van der Waals surface area contributed by atoms with Crippen molar-refractivity contribution in [3.63, 3.8) is 0 Å². The molecular weight excluding hydrogens is 314 g/mol. The van der Waals surface area contributed by atoms with Crippen LogP contribution in [0.1, 0.15) is 33.6 Å². The maximum absolute atomic E-state index is 12.1. The molecule has 0 bridgehead atoms. The van der Waals surface area contributed by atoms with Crippen LogP contribution in [-0.4, -0.2) is 38.1 Å². The Morgan fingerprint density at radius 3 is 2.25 bits per heavy atom. The highest BCUT2D eigenvalue weighted by atomic mass is 28.3. The Balaban J connectivity index is 2.43. The van der Waals surface area contributed by atoms with Gasteiger partial charge < -0.3 is 9.64 Å². The number of carbonyl (C=O) groups excluding carboxylic acids is 1. The third-order valence-corrected chi connectivity index (χ3v) is 10.0. The van der Waals surface area contributed by atoms with Crippen LogP contribution in [0.25, 0.3) is 0 Å². The highest BCUT2D eigenvalue weighted by Gasteiger charge is 2.39. The predicted molar refractivity (Wildman–Crippen MR) is 103 cm³/mol. The quantitative estimate of drug-likeness (QED) is 0.460. The Morgan fingerprint density at radius 2 is 1.75 bits per heavy atom. The molecule has 0 aliphatic carbocycles. The molecule has 1 unspecified atom stereocenters. The zero-order chi connectivity index (χ0) is 17.9. The van der Waals surface area contributed by atoms with Gasteiger partial charge in [-0.3, -0.25) is 0 Å². The van der Waals surface area contributed by atoms with E-state index in [2.05, 4.69) is 69.1 Å². The largest absolute Gasteiger partial charge is 0.466 e. The van der Waals surface area contributed by atoms with Crippen LogP contribution in [0.5, 0.6) is 0 Å². The molecule has 24 heavy (non-hydrogen) atoms. The lowest BCUT2D eigenvalue weighted by Crippen LogP contribution is -2.49. The summed E-state index contributed by atoms with van der Waals surface area (Å²) in [6.07, 6.45) is 4.10. The fraction of sp³-hybridized carbons (Fsp3) is 0.550. The lowest BCUT2D eigenvalue weighted by Gasteiger charge is -2.40. The van der Waals surface area contributed by atoms with E-state index in [0.29, 0.717) is 17.6 Å². The van der Waals surface area contributed by atoms with E-state index >= 15 is 0 Å². The van der Waals surface area contributed by atoms with Gasteiger partial charge in [-0.2, -0.15) is 0 Å². The minimum Gasteiger partial charge on any atom is -0.466 e. The van der Waals surface area contributed by atoms with Gasteiger partial charge in [0.15, 0.2) is 0 Å². The lowest BCUT2D eigenvalue weighted by atomic mass is 10.2. The average molecular weight is 346 g/mol. The van der Waals surface area contributed by atoms with E-state index in [4.69, 9.17) is 4.74 Å². The minimum absolute atomic E-state index is 0.249. The Bertz CT molecular complexity index is 587. The first kappa shape index (κ1) is 18.8. The number of nitrogens with zero attached hydrogens (tertiary/aromatic N) is 1. The summed E-state index contributed by atoms with van der Waals surface area (Å²) in [5.74, 6) is -0.249. The first-order valence-electron chi connectivity index (χ1n) is 8.92. The van der Waals surface area contributed by atoms with Crippen LogP contribution in [-0.2, 0) is 9.53 Å². The van der Waals surface area contributed by atoms with E-state index in [1.165, 1.54) is 25.1 Å². The number of esters is 1. The zero-order valence-corrected chi connectivity index (χ0v) is 16.9. The first-order valence-corrected chi connectivity index (χ1v) is 12.0. The molecule has 1 saturated heterocycles. The maximum atomic E-state index is 12.1. The average Bonchev–Trinajstić information content (AvgIpc) is 2.91. The molecule has 1 fully saturated rings. The zero-order valence-electron chi connectivity index (χ0n) is 15.9. The summed E-state index contributed by atoms with van der Waals surface area (Å²) in [4.78, 5) is 14.5. The molecule has 0 spiro atoms. The Labute approximate surface area is 147 Å². The number of likely N-dealkylation sites (tertiary alicyclic amines) is 1. The van der Waals surface area contributed by atoms with E-state index < -0.39 is 8.07 Å². The molecule has 0 N–H and O–H groups in total. The van der Waals surface area contributed by atoms with Crippen LogP contribution in [0.15, 0.2) is 42.1 Å². The second-order valence-corrected chi connectivity index (χ2v) is 12.5. The molecule has 0 saturated carbocycles.